The van der Waals surface area contributed by atoms with Gasteiger partial charge in [-0.15, -0.1) is 0 Å². The summed E-state index contributed by atoms with van der Waals surface area (Å²) in [5, 5.41) is 20.5. The lowest BCUT2D eigenvalue weighted by Gasteiger charge is -2.04. The van der Waals surface area contributed by atoms with Crippen molar-refractivity contribution >= 4 is 17.0 Å². The number of hydrogen-bond donors (Lipinski definition) is 1. The van der Waals surface area contributed by atoms with Crippen molar-refractivity contribution in [3.05, 3.63) is 50.6 Å². The molecule has 5 nitrogen and oxygen atoms in total. The van der Waals surface area contributed by atoms with E-state index in [0.717, 1.165) is 11.3 Å². The van der Waals surface area contributed by atoms with E-state index in [9.17, 15) is 19.6 Å². The molecular formula is C13H12FNO4S. The molecule has 0 amide bonds. The third-order valence-electron chi connectivity index (χ3n) is 2.65. The summed E-state index contributed by atoms with van der Waals surface area (Å²) >= 11 is 0.993. The lowest BCUT2D eigenvalue weighted by Crippen LogP contribution is -1.90. The van der Waals surface area contributed by atoms with Gasteiger partial charge in [0, 0.05) is 10.9 Å². The number of benzene rings is 1. The van der Waals surface area contributed by atoms with Gasteiger partial charge in [0.25, 0.3) is 5.06 Å². The molecule has 1 N–H and O–H groups in total. The SMILES string of the molecule is Cc1cc(Oc2sc(C(C)O)cc2[N+](=O)[O-])ccc1F. The van der Waals surface area contributed by atoms with Crippen LogP contribution in [-0.4, -0.2) is 10.0 Å². The Hall–Kier alpha value is -1.99. The van der Waals surface area contributed by atoms with Gasteiger partial charge in [0.15, 0.2) is 0 Å². The topological polar surface area (TPSA) is 72.6 Å². The number of halogens is 1. The number of nitrogens with zero attached hydrogens (tertiary/aromatic N) is 1. The summed E-state index contributed by atoms with van der Waals surface area (Å²) in [6.45, 7) is 3.09. The highest BCUT2D eigenvalue weighted by molar-refractivity contribution is 7.14. The summed E-state index contributed by atoms with van der Waals surface area (Å²) in [5.74, 6) is -0.0614. The first-order chi connectivity index (χ1) is 9.38. The predicted molar refractivity (Wildman–Crippen MR) is 72.8 cm³/mol. The average Bonchev–Trinajstić information content (AvgIpc) is 2.78. The molecule has 0 bridgehead atoms. The van der Waals surface area contributed by atoms with E-state index in [4.69, 9.17) is 4.74 Å². The molecule has 1 aromatic heterocycles. The van der Waals surface area contributed by atoms with Gasteiger partial charge >= 0.3 is 5.69 Å². The number of rotatable bonds is 4. The van der Waals surface area contributed by atoms with E-state index in [1.165, 1.54) is 31.2 Å². The highest BCUT2D eigenvalue weighted by atomic mass is 32.1. The Balaban J connectivity index is 2.36. The average molecular weight is 297 g/mol. The molecular weight excluding hydrogens is 285 g/mol. The zero-order chi connectivity index (χ0) is 14.9. The fourth-order valence-corrected chi connectivity index (χ4v) is 2.51. The third-order valence-corrected chi connectivity index (χ3v) is 3.82. The fraction of sp³-hybridized carbons (Fsp3) is 0.231. The molecule has 0 fully saturated rings. The Bertz CT molecular complexity index is 654. The minimum Gasteiger partial charge on any atom is -0.440 e. The Labute approximate surface area is 118 Å². The zero-order valence-corrected chi connectivity index (χ0v) is 11.6. The molecule has 0 saturated carbocycles. The van der Waals surface area contributed by atoms with E-state index < -0.39 is 11.0 Å². The molecule has 1 unspecified atom stereocenters. The molecule has 0 aliphatic rings. The summed E-state index contributed by atoms with van der Waals surface area (Å²) in [5.41, 5.74) is 0.172. The van der Waals surface area contributed by atoms with Gasteiger partial charge < -0.3 is 9.84 Å². The second-order valence-electron chi connectivity index (χ2n) is 4.27. The molecule has 0 radical (unpaired) electrons. The van der Waals surface area contributed by atoms with E-state index in [-0.39, 0.29) is 16.6 Å². The van der Waals surface area contributed by atoms with Crippen LogP contribution in [0.5, 0.6) is 10.8 Å². The van der Waals surface area contributed by atoms with Crippen LogP contribution in [0, 0.1) is 22.9 Å². The molecule has 0 saturated heterocycles. The van der Waals surface area contributed by atoms with Crippen LogP contribution >= 0.6 is 11.3 Å². The van der Waals surface area contributed by atoms with E-state index in [1.807, 2.05) is 0 Å². The summed E-state index contributed by atoms with van der Waals surface area (Å²) in [6, 6.07) is 5.37. The largest absolute Gasteiger partial charge is 0.440 e. The Morgan fingerprint density at radius 1 is 1.45 bits per heavy atom. The van der Waals surface area contributed by atoms with E-state index in [1.54, 1.807) is 6.92 Å². The first-order valence-electron chi connectivity index (χ1n) is 5.78. The van der Waals surface area contributed by atoms with Crippen molar-refractivity contribution in [1.82, 2.24) is 0 Å². The molecule has 2 aromatic rings. The molecule has 0 aliphatic carbocycles. The molecule has 1 aromatic carbocycles. The molecule has 106 valence electrons. The lowest BCUT2D eigenvalue weighted by atomic mass is 10.2. The second kappa shape index (κ2) is 5.56. The summed E-state index contributed by atoms with van der Waals surface area (Å²) < 4.78 is 18.6. The number of nitro groups is 1. The van der Waals surface area contributed by atoms with Gasteiger partial charge in [0.05, 0.1) is 11.0 Å². The van der Waals surface area contributed by atoms with Gasteiger partial charge in [-0.1, -0.05) is 11.3 Å². The van der Waals surface area contributed by atoms with Crippen LogP contribution in [0.15, 0.2) is 24.3 Å². The smallest absolute Gasteiger partial charge is 0.323 e. The minimum absolute atomic E-state index is 0.0666. The van der Waals surface area contributed by atoms with Crippen molar-refractivity contribution in [1.29, 1.82) is 0 Å². The van der Waals surface area contributed by atoms with Crippen LogP contribution in [0.1, 0.15) is 23.5 Å². The van der Waals surface area contributed by atoms with Crippen LogP contribution < -0.4 is 4.74 Å². The number of ether oxygens (including phenoxy) is 1. The molecule has 0 spiro atoms. The molecule has 2 rings (SSSR count). The van der Waals surface area contributed by atoms with Crippen LogP contribution in [0.2, 0.25) is 0 Å². The zero-order valence-electron chi connectivity index (χ0n) is 10.8. The van der Waals surface area contributed by atoms with E-state index in [2.05, 4.69) is 0 Å². The highest BCUT2D eigenvalue weighted by Gasteiger charge is 2.23. The van der Waals surface area contributed by atoms with Gasteiger partial charge in [-0.3, -0.25) is 10.1 Å². The van der Waals surface area contributed by atoms with Crippen molar-refractivity contribution in [2.24, 2.45) is 0 Å². The maximum atomic E-state index is 13.2. The first-order valence-corrected chi connectivity index (χ1v) is 6.60. The number of aryl methyl sites for hydroxylation is 1. The van der Waals surface area contributed by atoms with Crippen LogP contribution in [0.25, 0.3) is 0 Å². The fourth-order valence-electron chi connectivity index (χ4n) is 1.58. The number of aliphatic hydroxyl groups excluding tert-OH is 1. The normalized spacial score (nSPS) is 12.2. The Kier molecular flexibility index (Phi) is 4.01. The highest BCUT2D eigenvalue weighted by Crippen LogP contribution is 2.42. The van der Waals surface area contributed by atoms with Crippen molar-refractivity contribution in [3.8, 4) is 10.8 Å². The van der Waals surface area contributed by atoms with E-state index in [0.29, 0.717) is 16.2 Å². The van der Waals surface area contributed by atoms with Gasteiger partial charge in [-0.25, -0.2) is 4.39 Å². The van der Waals surface area contributed by atoms with Gasteiger partial charge in [0.1, 0.15) is 11.6 Å². The first kappa shape index (κ1) is 14.4. The van der Waals surface area contributed by atoms with Gasteiger partial charge in [-0.2, -0.15) is 0 Å². The van der Waals surface area contributed by atoms with Crippen molar-refractivity contribution in [3.63, 3.8) is 0 Å². The molecule has 20 heavy (non-hydrogen) atoms. The van der Waals surface area contributed by atoms with Gasteiger partial charge in [-0.05, 0) is 37.6 Å². The number of aliphatic hydroxyl groups is 1. The summed E-state index contributed by atoms with van der Waals surface area (Å²) in [7, 11) is 0. The van der Waals surface area contributed by atoms with Crippen molar-refractivity contribution in [2.75, 3.05) is 0 Å². The van der Waals surface area contributed by atoms with Crippen molar-refractivity contribution in [2.45, 2.75) is 20.0 Å². The monoisotopic (exact) mass is 297 g/mol. The Morgan fingerprint density at radius 3 is 2.70 bits per heavy atom. The number of thiophene rings is 1. The molecule has 1 heterocycles. The molecule has 7 heteroatoms. The van der Waals surface area contributed by atoms with Crippen LogP contribution in [0.3, 0.4) is 0 Å². The predicted octanol–water partition coefficient (Wildman–Crippen LogP) is 3.95. The third kappa shape index (κ3) is 2.94. The number of hydrogen-bond acceptors (Lipinski definition) is 5. The minimum atomic E-state index is -0.814. The lowest BCUT2D eigenvalue weighted by molar-refractivity contribution is -0.385. The molecule has 0 aliphatic heterocycles. The van der Waals surface area contributed by atoms with Crippen LogP contribution in [-0.2, 0) is 0 Å². The summed E-state index contributed by atoms with van der Waals surface area (Å²) in [4.78, 5) is 10.8. The molecule has 1 atom stereocenters. The summed E-state index contributed by atoms with van der Waals surface area (Å²) in [6.07, 6.45) is -0.814. The maximum absolute atomic E-state index is 13.2. The Morgan fingerprint density at radius 2 is 2.15 bits per heavy atom. The maximum Gasteiger partial charge on any atom is 0.323 e. The second-order valence-corrected chi connectivity index (χ2v) is 5.31. The van der Waals surface area contributed by atoms with Crippen molar-refractivity contribution < 1.29 is 19.2 Å². The van der Waals surface area contributed by atoms with E-state index >= 15 is 0 Å². The van der Waals surface area contributed by atoms with Gasteiger partial charge in [0.2, 0.25) is 0 Å². The standard InChI is InChI=1S/C13H12FNO4S/c1-7-5-9(3-4-10(7)14)19-13-11(15(17)18)6-12(20-13)8(2)16/h3-6,8,16H,1-2H3. The quantitative estimate of drug-likeness (QED) is 0.685. The van der Waals surface area contributed by atoms with Crippen LogP contribution in [0.4, 0.5) is 10.1 Å².